The Morgan fingerprint density at radius 1 is 1.18 bits per heavy atom. The molecule has 1 aromatic heterocycles. The number of aromatic carboxylic acids is 1. The molecule has 4 heteroatoms. The van der Waals surface area contributed by atoms with Gasteiger partial charge in [0.25, 0.3) is 0 Å². The lowest BCUT2D eigenvalue weighted by Gasteiger charge is -2.07. The van der Waals surface area contributed by atoms with Crippen molar-refractivity contribution < 1.29 is 9.90 Å². The van der Waals surface area contributed by atoms with E-state index in [2.05, 4.69) is 11.1 Å². The van der Waals surface area contributed by atoms with Gasteiger partial charge in [-0.1, -0.05) is 6.07 Å². The Bertz CT molecular complexity index is 565. The van der Waals surface area contributed by atoms with Crippen LogP contribution in [0.3, 0.4) is 0 Å². The fourth-order valence-corrected chi connectivity index (χ4v) is 1.93. The van der Waals surface area contributed by atoms with Crippen LogP contribution >= 0.6 is 0 Å². The van der Waals surface area contributed by atoms with Crippen LogP contribution < -0.4 is 0 Å². The van der Waals surface area contributed by atoms with Gasteiger partial charge < -0.3 is 9.67 Å². The predicted molar refractivity (Wildman–Crippen MR) is 64.7 cm³/mol. The van der Waals surface area contributed by atoms with Crippen LogP contribution in [0.15, 0.2) is 24.4 Å². The van der Waals surface area contributed by atoms with Crippen molar-refractivity contribution in [2.24, 2.45) is 0 Å². The van der Waals surface area contributed by atoms with E-state index in [1.165, 1.54) is 0 Å². The molecule has 2 aromatic rings. The summed E-state index contributed by atoms with van der Waals surface area (Å²) in [6.07, 6.45) is 1.55. The zero-order valence-corrected chi connectivity index (χ0v) is 10.1. The number of carboxylic acid groups (broad SMARTS) is 1. The first-order valence-corrected chi connectivity index (χ1v) is 5.35. The van der Waals surface area contributed by atoms with Gasteiger partial charge in [-0.2, -0.15) is 0 Å². The maximum atomic E-state index is 10.9. The molecule has 0 fully saturated rings. The molecule has 0 saturated heterocycles. The highest BCUT2D eigenvalue weighted by Gasteiger charge is 2.11. The van der Waals surface area contributed by atoms with Crippen molar-refractivity contribution >= 4 is 5.97 Å². The van der Waals surface area contributed by atoms with Gasteiger partial charge in [0.1, 0.15) is 5.82 Å². The number of carboxylic acids is 1. The van der Waals surface area contributed by atoms with Crippen LogP contribution in [-0.2, 0) is 0 Å². The molecule has 0 aliphatic rings. The van der Waals surface area contributed by atoms with Crippen LogP contribution in [0.1, 0.15) is 27.4 Å². The van der Waals surface area contributed by atoms with Gasteiger partial charge in [0.2, 0.25) is 0 Å². The molecule has 0 unspecified atom stereocenters. The first-order chi connectivity index (χ1) is 7.97. The lowest BCUT2D eigenvalue weighted by Crippen LogP contribution is -1.97. The van der Waals surface area contributed by atoms with Gasteiger partial charge in [-0.15, -0.1) is 0 Å². The normalized spacial score (nSPS) is 10.5. The topological polar surface area (TPSA) is 55.1 Å². The first-order valence-electron chi connectivity index (χ1n) is 5.35. The van der Waals surface area contributed by atoms with Gasteiger partial charge in [-0.3, -0.25) is 0 Å². The van der Waals surface area contributed by atoms with E-state index in [0.717, 1.165) is 16.8 Å². The van der Waals surface area contributed by atoms with Crippen LogP contribution in [0, 0.1) is 20.8 Å². The predicted octanol–water partition coefficient (Wildman–Crippen LogP) is 2.50. The van der Waals surface area contributed by atoms with Crippen molar-refractivity contribution in [1.82, 2.24) is 9.55 Å². The number of nitrogens with zero attached hydrogens (tertiary/aromatic N) is 2. The number of hydrogen-bond donors (Lipinski definition) is 1. The minimum atomic E-state index is -1.00. The monoisotopic (exact) mass is 230 g/mol. The van der Waals surface area contributed by atoms with E-state index in [1.807, 2.05) is 26.0 Å². The molecule has 1 N–H and O–H groups in total. The maximum absolute atomic E-state index is 10.9. The molecular formula is C13H14N2O2. The molecule has 0 aliphatic carbocycles. The number of aromatic nitrogens is 2. The summed E-state index contributed by atoms with van der Waals surface area (Å²) in [5.41, 5.74) is 3.30. The van der Waals surface area contributed by atoms with Crippen molar-refractivity contribution in [2.45, 2.75) is 20.8 Å². The molecular weight excluding hydrogens is 216 g/mol. The Balaban J connectivity index is 2.56. The minimum absolute atomic E-state index is 0.0710. The smallest absolute Gasteiger partial charge is 0.356 e. The zero-order chi connectivity index (χ0) is 12.6. The summed E-state index contributed by atoms with van der Waals surface area (Å²) in [7, 11) is 0. The Labute approximate surface area is 99.5 Å². The number of aryl methyl sites for hydroxylation is 3. The third kappa shape index (κ3) is 2.20. The number of carbonyl (C=O) groups is 1. The third-order valence-electron chi connectivity index (χ3n) is 2.59. The van der Waals surface area contributed by atoms with Gasteiger partial charge in [-0.25, -0.2) is 9.78 Å². The van der Waals surface area contributed by atoms with E-state index >= 15 is 0 Å². The largest absolute Gasteiger partial charge is 0.476 e. The van der Waals surface area contributed by atoms with E-state index in [9.17, 15) is 4.79 Å². The summed E-state index contributed by atoms with van der Waals surface area (Å²) in [5, 5.41) is 8.90. The van der Waals surface area contributed by atoms with Crippen LogP contribution in [0.25, 0.3) is 5.69 Å². The van der Waals surface area contributed by atoms with Crippen LogP contribution in [0.4, 0.5) is 0 Å². The molecule has 0 radical (unpaired) electrons. The molecule has 4 nitrogen and oxygen atoms in total. The molecule has 0 atom stereocenters. The van der Waals surface area contributed by atoms with Gasteiger partial charge in [-0.05, 0) is 44.0 Å². The number of imidazole rings is 1. The molecule has 88 valence electrons. The maximum Gasteiger partial charge on any atom is 0.356 e. The lowest BCUT2D eigenvalue weighted by molar-refractivity contribution is 0.0691. The second kappa shape index (κ2) is 4.05. The van der Waals surface area contributed by atoms with Crippen LogP contribution in [-0.4, -0.2) is 20.6 Å². The molecule has 1 aromatic carbocycles. The summed E-state index contributed by atoms with van der Waals surface area (Å²) < 4.78 is 1.80. The third-order valence-corrected chi connectivity index (χ3v) is 2.59. The lowest BCUT2D eigenvalue weighted by atomic mass is 10.1. The van der Waals surface area contributed by atoms with Gasteiger partial charge in [0.05, 0.1) is 0 Å². The highest BCUT2D eigenvalue weighted by Crippen LogP contribution is 2.16. The molecule has 0 aliphatic heterocycles. The standard InChI is InChI=1S/C13H14N2O2/c1-8-4-9(2)6-11(5-8)15-7-12(13(16)17)14-10(15)3/h4-7H,1-3H3,(H,16,17). The molecule has 1 heterocycles. The van der Waals surface area contributed by atoms with Gasteiger partial charge in [0.15, 0.2) is 5.69 Å². The fourth-order valence-electron chi connectivity index (χ4n) is 1.93. The Morgan fingerprint density at radius 3 is 2.24 bits per heavy atom. The molecule has 0 amide bonds. The van der Waals surface area contributed by atoms with Crippen molar-refractivity contribution in [3.63, 3.8) is 0 Å². The van der Waals surface area contributed by atoms with Crippen LogP contribution in [0.2, 0.25) is 0 Å². The second-order valence-electron chi connectivity index (χ2n) is 4.19. The number of rotatable bonds is 2. The van der Waals surface area contributed by atoms with Crippen molar-refractivity contribution in [1.29, 1.82) is 0 Å². The fraction of sp³-hybridized carbons (Fsp3) is 0.231. The molecule has 17 heavy (non-hydrogen) atoms. The average molecular weight is 230 g/mol. The minimum Gasteiger partial charge on any atom is -0.476 e. The van der Waals surface area contributed by atoms with E-state index in [0.29, 0.717) is 5.82 Å². The quantitative estimate of drug-likeness (QED) is 0.862. The van der Waals surface area contributed by atoms with E-state index in [4.69, 9.17) is 5.11 Å². The molecule has 0 saturated carbocycles. The van der Waals surface area contributed by atoms with Crippen LogP contribution in [0.5, 0.6) is 0 Å². The van der Waals surface area contributed by atoms with Gasteiger partial charge >= 0.3 is 5.97 Å². The van der Waals surface area contributed by atoms with E-state index in [1.54, 1.807) is 17.7 Å². The van der Waals surface area contributed by atoms with Crippen molar-refractivity contribution in [3.05, 3.63) is 47.0 Å². The second-order valence-corrected chi connectivity index (χ2v) is 4.19. The molecule has 2 rings (SSSR count). The zero-order valence-electron chi connectivity index (χ0n) is 10.1. The highest BCUT2D eigenvalue weighted by atomic mass is 16.4. The number of hydrogen-bond acceptors (Lipinski definition) is 2. The highest BCUT2D eigenvalue weighted by molar-refractivity contribution is 5.85. The molecule has 0 bridgehead atoms. The van der Waals surface area contributed by atoms with Crippen molar-refractivity contribution in [3.8, 4) is 5.69 Å². The SMILES string of the molecule is Cc1cc(C)cc(-n2cc(C(=O)O)nc2C)c1. The van der Waals surface area contributed by atoms with E-state index < -0.39 is 5.97 Å². The summed E-state index contributed by atoms with van der Waals surface area (Å²) in [5.74, 6) is -0.330. The van der Waals surface area contributed by atoms with Crippen molar-refractivity contribution in [2.75, 3.05) is 0 Å². The summed E-state index contributed by atoms with van der Waals surface area (Å²) in [4.78, 5) is 14.9. The Kier molecular flexibility index (Phi) is 2.71. The first kappa shape index (κ1) is 11.4. The van der Waals surface area contributed by atoms with E-state index in [-0.39, 0.29) is 5.69 Å². The van der Waals surface area contributed by atoms with Gasteiger partial charge in [0, 0.05) is 11.9 Å². The Hall–Kier alpha value is -2.10. The summed E-state index contributed by atoms with van der Waals surface area (Å²) in [6, 6.07) is 6.09. The summed E-state index contributed by atoms with van der Waals surface area (Å²) in [6.45, 7) is 5.83. The Morgan fingerprint density at radius 2 is 1.76 bits per heavy atom. The summed E-state index contributed by atoms with van der Waals surface area (Å²) >= 11 is 0. The number of benzene rings is 1. The molecule has 0 spiro atoms. The average Bonchev–Trinajstić information content (AvgIpc) is 2.59.